The SMILES string of the molecule is O=C(C1CCCCC1)N1C[C@H](CN2CCC3(CC2)CCN(Cc2ccc(Br)cc2)C3=O)[C@@H](c2ccccc2)C1. The van der Waals surface area contributed by atoms with Crippen LogP contribution in [-0.2, 0) is 16.1 Å². The summed E-state index contributed by atoms with van der Waals surface area (Å²) in [6, 6.07) is 19.2. The lowest BCUT2D eigenvalue weighted by Crippen LogP contribution is -2.46. The Bertz CT molecular complexity index is 1140. The predicted molar refractivity (Wildman–Crippen MR) is 158 cm³/mol. The highest BCUT2D eigenvalue weighted by Crippen LogP contribution is 2.43. The van der Waals surface area contributed by atoms with Crippen LogP contribution in [0.25, 0.3) is 0 Å². The van der Waals surface area contributed by atoms with Crippen LogP contribution in [0.4, 0.5) is 0 Å². The summed E-state index contributed by atoms with van der Waals surface area (Å²) < 4.78 is 1.07. The Labute approximate surface area is 242 Å². The van der Waals surface area contributed by atoms with Crippen LogP contribution in [0.5, 0.6) is 0 Å². The molecule has 0 bridgehead atoms. The highest BCUT2D eigenvalue weighted by atomic mass is 79.9. The summed E-state index contributed by atoms with van der Waals surface area (Å²) in [4.78, 5) is 33.9. The zero-order valence-corrected chi connectivity index (χ0v) is 24.7. The fraction of sp³-hybridized carbons (Fsp3) is 0.576. The van der Waals surface area contributed by atoms with E-state index in [1.54, 1.807) is 0 Å². The molecule has 0 N–H and O–H groups in total. The van der Waals surface area contributed by atoms with E-state index in [4.69, 9.17) is 0 Å². The average molecular weight is 593 g/mol. The number of rotatable bonds is 6. The maximum atomic E-state index is 13.6. The molecule has 4 fully saturated rings. The summed E-state index contributed by atoms with van der Waals surface area (Å²) in [6.07, 6.45) is 8.70. The van der Waals surface area contributed by atoms with Gasteiger partial charge in [-0.15, -0.1) is 0 Å². The van der Waals surface area contributed by atoms with Crippen molar-refractivity contribution in [3.05, 3.63) is 70.2 Å². The van der Waals surface area contributed by atoms with Crippen LogP contribution in [0, 0.1) is 17.3 Å². The molecule has 0 unspecified atom stereocenters. The molecule has 2 atom stereocenters. The Morgan fingerprint density at radius 1 is 0.872 bits per heavy atom. The summed E-state index contributed by atoms with van der Waals surface area (Å²) in [5.41, 5.74) is 2.38. The lowest BCUT2D eigenvalue weighted by atomic mass is 9.76. The number of piperidine rings is 1. The summed E-state index contributed by atoms with van der Waals surface area (Å²) >= 11 is 3.50. The van der Waals surface area contributed by atoms with Gasteiger partial charge < -0.3 is 14.7 Å². The molecule has 2 amide bonds. The molecule has 39 heavy (non-hydrogen) atoms. The molecule has 2 aromatic carbocycles. The van der Waals surface area contributed by atoms with E-state index in [9.17, 15) is 9.59 Å². The minimum atomic E-state index is -0.177. The van der Waals surface area contributed by atoms with Gasteiger partial charge in [0.2, 0.25) is 11.8 Å². The first kappa shape index (κ1) is 27.0. The molecule has 6 heteroatoms. The van der Waals surface area contributed by atoms with E-state index in [1.807, 2.05) is 0 Å². The molecule has 2 aromatic rings. The standard InChI is InChI=1S/C33H42BrN3O2/c34-29-13-11-25(12-14-29)21-36-20-17-33(32(36)39)15-18-35(19-16-33)22-28-23-37(31(38)27-9-5-2-6-10-27)24-30(28)26-7-3-1-4-8-26/h1,3-4,7-8,11-14,27-28,30H,2,5-6,9-10,15-24H2/t28-,30+/m0/s1. The third-order valence-electron chi connectivity index (χ3n) is 10.1. The number of halogens is 1. The van der Waals surface area contributed by atoms with Gasteiger partial charge in [0, 0.05) is 49.0 Å². The lowest BCUT2D eigenvalue weighted by molar-refractivity contribution is -0.139. The molecule has 5 nitrogen and oxygen atoms in total. The molecule has 1 spiro atoms. The maximum Gasteiger partial charge on any atom is 0.229 e. The van der Waals surface area contributed by atoms with Gasteiger partial charge in [0.1, 0.15) is 0 Å². The van der Waals surface area contributed by atoms with Crippen molar-refractivity contribution in [1.29, 1.82) is 0 Å². The molecule has 3 heterocycles. The predicted octanol–water partition coefficient (Wildman–Crippen LogP) is 6.09. The topological polar surface area (TPSA) is 43.9 Å². The third-order valence-corrected chi connectivity index (χ3v) is 10.7. The highest BCUT2D eigenvalue weighted by molar-refractivity contribution is 9.10. The molecular weight excluding hydrogens is 550 g/mol. The van der Waals surface area contributed by atoms with Crippen molar-refractivity contribution in [2.45, 2.75) is 63.8 Å². The molecule has 208 valence electrons. The number of hydrogen-bond acceptors (Lipinski definition) is 3. The first-order valence-electron chi connectivity index (χ1n) is 15.1. The Morgan fingerprint density at radius 2 is 1.56 bits per heavy atom. The van der Waals surface area contributed by atoms with E-state index in [2.05, 4.69) is 85.2 Å². The van der Waals surface area contributed by atoms with Crippen molar-refractivity contribution in [2.75, 3.05) is 39.3 Å². The van der Waals surface area contributed by atoms with Crippen LogP contribution in [0.15, 0.2) is 59.1 Å². The Kier molecular flexibility index (Phi) is 8.13. The second kappa shape index (κ2) is 11.7. The minimum absolute atomic E-state index is 0.177. The minimum Gasteiger partial charge on any atom is -0.341 e. The van der Waals surface area contributed by atoms with Crippen molar-refractivity contribution in [1.82, 2.24) is 14.7 Å². The normalized spacial score (nSPS) is 26.0. The summed E-state index contributed by atoms with van der Waals surface area (Å²) in [6.45, 7) is 6.27. The molecule has 3 aliphatic heterocycles. The number of carbonyl (C=O) groups excluding carboxylic acids is 2. The fourth-order valence-electron chi connectivity index (χ4n) is 7.73. The smallest absolute Gasteiger partial charge is 0.229 e. The van der Waals surface area contributed by atoms with Gasteiger partial charge in [-0.3, -0.25) is 9.59 Å². The number of likely N-dealkylation sites (tertiary alicyclic amines) is 3. The molecule has 4 aliphatic rings. The van der Waals surface area contributed by atoms with E-state index in [1.165, 1.54) is 30.4 Å². The van der Waals surface area contributed by atoms with E-state index >= 15 is 0 Å². The van der Waals surface area contributed by atoms with Crippen molar-refractivity contribution >= 4 is 27.7 Å². The number of carbonyl (C=O) groups is 2. The quantitative estimate of drug-likeness (QED) is 0.408. The average Bonchev–Trinajstić information content (AvgIpc) is 3.53. The molecule has 1 aliphatic carbocycles. The number of hydrogen-bond donors (Lipinski definition) is 0. The summed E-state index contributed by atoms with van der Waals surface area (Å²) in [7, 11) is 0. The van der Waals surface area contributed by atoms with Crippen LogP contribution in [-0.4, -0.2) is 65.8 Å². The van der Waals surface area contributed by atoms with Gasteiger partial charge in [0.15, 0.2) is 0 Å². The van der Waals surface area contributed by atoms with Gasteiger partial charge in [0.05, 0.1) is 5.41 Å². The van der Waals surface area contributed by atoms with Gasteiger partial charge in [-0.1, -0.05) is 77.7 Å². The number of amides is 2. The van der Waals surface area contributed by atoms with Crippen LogP contribution in [0.1, 0.15) is 68.4 Å². The van der Waals surface area contributed by atoms with Gasteiger partial charge in [-0.25, -0.2) is 0 Å². The fourth-order valence-corrected chi connectivity index (χ4v) is 8.00. The van der Waals surface area contributed by atoms with Crippen molar-refractivity contribution in [3.8, 4) is 0 Å². The van der Waals surface area contributed by atoms with Crippen LogP contribution in [0.3, 0.4) is 0 Å². The van der Waals surface area contributed by atoms with Gasteiger partial charge in [-0.2, -0.15) is 0 Å². The first-order valence-corrected chi connectivity index (χ1v) is 15.9. The Balaban J connectivity index is 1.08. The molecule has 1 saturated carbocycles. The van der Waals surface area contributed by atoms with Gasteiger partial charge in [-0.05, 0) is 74.4 Å². The molecule has 6 rings (SSSR count). The van der Waals surface area contributed by atoms with Gasteiger partial charge >= 0.3 is 0 Å². The molecule has 0 aromatic heterocycles. The monoisotopic (exact) mass is 591 g/mol. The zero-order chi connectivity index (χ0) is 26.8. The van der Waals surface area contributed by atoms with Crippen molar-refractivity contribution < 1.29 is 9.59 Å². The van der Waals surface area contributed by atoms with E-state index in [0.717, 1.165) is 75.8 Å². The lowest BCUT2D eigenvalue weighted by Gasteiger charge is -2.39. The second-order valence-corrected chi connectivity index (χ2v) is 13.5. The molecular formula is C33H42BrN3O2. The molecule has 0 radical (unpaired) electrons. The largest absolute Gasteiger partial charge is 0.341 e. The van der Waals surface area contributed by atoms with Gasteiger partial charge in [0.25, 0.3) is 0 Å². The van der Waals surface area contributed by atoms with E-state index in [0.29, 0.717) is 30.2 Å². The number of benzene rings is 2. The zero-order valence-electron chi connectivity index (χ0n) is 23.1. The Morgan fingerprint density at radius 3 is 2.28 bits per heavy atom. The number of nitrogens with zero attached hydrogens (tertiary/aromatic N) is 3. The van der Waals surface area contributed by atoms with Crippen molar-refractivity contribution in [2.24, 2.45) is 17.3 Å². The van der Waals surface area contributed by atoms with E-state index in [-0.39, 0.29) is 11.3 Å². The third kappa shape index (κ3) is 5.83. The van der Waals surface area contributed by atoms with Crippen LogP contribution in [0.2, 0.25) is 0 Å². The van der Waals surface area contributed by atoms with E-state index < -0.39 is 0 Å². The summed E-state index contributed by atoms with van der Waals surface area (Å²) in [5, 5.41) is 0. The molecule has 3 saturated heterocycles. The van der Waals surface area contributed by atoms with Crippen LogP contribution < -0.4 is 0 Å². The Hall–Kier alpha value is -2.18. The summed E-state index contributed by atoms with van der Waals surface area (Å²) in [5.74, 6) is 1.83. The maximum absolute atomic E-state index is 13.6. The van der Waals surface area contributed by atoms with Crippen LogP contribution >= 0.6 is 15.9 Å². The highest BCUT2D eigenvalue weighted by Gasteiger charge is 2.48. The first-order chi connectivity index (χ1) is 19.0. The second-order valence-electron chi connectivity index (χ2n) is 12.5. The van der Waals surface area contributed by atoms with Crippen molar-refractivity contribution in [3.63, 3.8) is 0 Å².